The molecule has 1 saturated heterocycles. The van der Waals surface area contributed by atoms with E-state index in [9.17, 15) is 15.0 Å². The maximum absolute atomic E-state index is 12.1. The summed E-state index contributed by atoms with van der Waals surface area (Å²) in [6.07, 6.45) is 3.91. The fraction of sp³-hybridized carbons (Fsp3) is 0.933. The number of amides is 1. The van der Waals surface area contributed by atoms with Crippen LogP contribution in [0, 0.1) is 17.8 Å². The number of hydrogen-bond acceptors (Lipinski definition) is 4. The molecule has 20 heavy (non-hydrogen) atoms. The SMILES string of the molecule is CC(NC(=O)CN1CC(O)C(O)C1)C1CC2CCC1C2. The monoisotopic (exact) mass is 282 g/mol. The lowest BCUT2D eigenvalue weighted by Gasteiger charge is -2.29. The molecule has 6 atom stereocenters. The summed E-state index contributed by atoms with van der Waals surface area (Å²) in [4.78, 5) is 13.9. The molecule has 5 nitrogen and oxygen atoms in total. The molecular weight excluding hydrogens is 256 g/mol. The Hall–Kier alpha value is -0.650. The summed E-state index contributed by atoms with van der Waals surface area (Å²) in [6, 6.07) is 0.246. The summed E-state index contributed by atoms with van der Waals surface area (Å²) in [5, 5.41) is 22.1. The van der Waals surface area contributed by atoms with Crippen molar-refractivity contribution in [2.24, 2.45) is 17.8 Å². The number of hydrogen-bond donors (Lipinski definition) is 3. The number of fused-ring (bicyclic) bond motifs is 2. The van der Waals surface area contributed by atoms with Crippen molar-refractivity contribution < 1.29 is 15.0 Å². The van der Waals surface area contributed by atoms with Gasteiger partial charge in [-0.2, -0.15) is 0 Å². The molecule has 1 amide bonds. The average molecular weight is 282 g/mol. The van der Waals surface area contributed by atoms with Gasteiger partial charge in [0.05, 0.1) is 18.8 Å². The lowest BCUT2D eigenvalue weighted by molar-refractivity contribution is -0.123. The third-order valence-corrected chi connectivity index (χ3v) is 5.53. The first-order chi connectivity index (χ1) is 9.52. The summed E-state index contributed by atoms with van der Waals surface area (Å²) in [6.45, 7) is 3.17. The number of nitrogens with zero attached hydrogens (tertiary/aromatic N) is 1. The highest BCUT2D eigenvalue weighted by Gasteiger charge is 2.42. The molecule has 0 spiro atoms. The van der Waals surface area contributed by atoms with Crippen LogP contribution in [0.2, 0.25) is 0 Å². The zero-order chi connectivity index (χ0) is 14.3. The molecule has 6 unspecified atom stereocenters. The predicted molar refractivity (Wildman–Crippen MR) is 75.0 cm³/mol. The largest absolute Gasteiger partial charge is 0.389 e. The standard InChI is InChI=1S/C15H26N2O3/c1-9(12-5-10-2-3-11(12)4-10)16-15(20)8-17-6-13(18)14(19)7-17/h9-14,18-19H,2-8H2,1H3,(H,16,20). The lowest BCUT2D eigenvalue weighted by atomic mass is 9.84. The van der Waals surface area contributed by atoms with E-state index in [-0.39, 0.29) is 18.5 Å². The van der Waals surface area contributed by atoms with Crippen LogP contribution in [0.5, 0.6) is 0 Å². The smallest absolute Gasteiger partial charge is 0.234 e. The van der Waals surface area contributed by atoms with Crippen molar-refractivity contribution in [2.45, 2.75) is 50.9 Å². The van der Waals surface area contributed by atoms with Crippen LogP contribution in [0.15, 0.2) is 0 Å². The van der Waals surface area contributed by atoms with E-state index in [0.717, 1.165) is 11.8 Å². The van der Waals surface area contributed by atoms with Gasteiger partial charge >= 0.3 is 0 Å². The van der Waals surface area contributed by atoms with E-state index < -0.39 is 12.2 Å². The van der Waals surface area contributed by atoms with Crippen LogP contribution in [0.25, 0.3) is 0 Å². The maximum atomic E-state index is 12.1. The topological polar surface area (TPSA) is 72.8 Å². The highest BCUT2D eigenvalue weighted by atomic mass is 16.3. The second-order valence-corrected chi connectivity index (χ2v) is 7.02. The third kappa shape index (κ3) is 2.85. The summed E-state index contributed by atoms with van der Waals surface area (Å²) in [7, 11) is 0. The molecule has 0 aromatic rings. The predicted octanol–water partition coefficient (Wildman–Crippen LogP) is -0.0353. The summed E-state index contributed by atoms with van der Waals surface area (Å²) >= 11 is 0. The summed E-state index contributed by atoms with van der Waals surface area (Å²) < 4.78 is 0. The number of carbonyl (C=O) groups is 1. The fourth-order valence-electron chi connectivity index (χ4n) is 4.49. The van der Waals surface area contributed by atoms with Gasteiger partial charge in [0, 0.05) is 19.1 Å². The van der Waals surface area contributed by atoms with E-state index in [1.54, 1.807) is 0 Å². The number of nitrogens with one attached hydrogen (secondary N) is 1. The molecule has 1 heterocycles. The minimum atomic E-state index is -0.717. The first-order valence-corrected chi connectivity index (χ1v) is 7.90. The van der Waals surface area contributed by atoms with Crippen molar-refractivity contribution in [2.75, 3.05) is 19.6 Å². The molecule has 1 aliphatic heterocycles. The Kier molecular flexibility index (Phi) is 4.02. The average Bonchev–Trinajstić information content (AvgIpc) is 3.06. The first kappa shape index (κ1) is 14.3. The van der Waals surface area contributed by atoms with E-state index in [1.807, 2.05) is 4.90 Å². The minimum Gasteiger partial charge on any atom is -0.389 e. The van der Waals surface area contributed by atoms with Gasteiger partial charge in [-0.15, -0.1) is 0 Å². The van der Waals surface area contributed by atoms with Crippen LogP contribution in [-0.4, -0.2) is 58.9 Å². The maximum Gasteiger partial charge on any atom is 0.234 e. The van der Waals surface area contributed by atoms with Crippen molar-refractivity contribution >= 4 is 5.91 Å². The molecule has 2 bridgehead atoms. The van der Waals surface area contributed by atoms with Gasteiger partial charge in [0.2, 0.25) is 5.91 Å². The Balaban J connectivity index is 1.45. The normalized spacial score (nSPS) is 42.0. The van der Waals surface area contributed by atoms with E-state index in [0.29, 0.717) is 19.0 Å². The van der Waals surface area contributed by atoms with Crippen LogP contribution in [0.1, 0.15) is 32.6 Å². The van der Waals surface area contributed by atoms with Crippen LogP contribution in [0.3, 0.4) is 0 Å². The molecule has 0 radical (unpaired) electrons. The van der Waals surface area contributed by atoms with E-state index in [1.165, 1.54) is 25.7 Å². The molecule has 3 aliphatic rings. The molecule has 0 aromatic heterocycles. The Bertz CT molecular complexity index is 366. The van der Waals surface area contributed by atoms with Gasteiger partial charge < -0.3 is 15.5 Å². The Morgan fingerprint density at radius 2 is 1.95 bits per heavy atom. The van der Waals surface area contributed by atoms with E-state index >= 15 is 0 Å². The minimum absolute atomic E-state index is 0.0153. The fourth-order valence-corrected chi connectivity index (χ4v) is 4.49. The number of β-amino-alcohol motifs (C(OH)–C–C–N with tert-alkyl or cyclic N) is 2. The quantitative estimate of drug-likeness (QED) is 0.677. The number of aliphatic hydroxyl groups excluding tert-OH is 2. The Morgan fingerprint density at radius 1 is 1.25 bits per heavy atom. The highest BCUT2D eigenvalue weighted by Crippen LogP contribution is 2.49. The van der Waals surface area contributed by atoms with Crippen LogP contribution in [-0.2, 0) is 4.79 Å². The van der Waals surface area contributed by atoms with Crippen LogP contribution in [0.4, 0.5) is 0 Å². The van der Waals surface area contributed by atoms with Crippen LogP contribution >= 0.6 is 0 Å². The molecular formula is C15H26N2O3. The molecule has 5 heteroatoms. The lowest BCUT2D eigenvalue weighted by Crippen LogP contribution is -2.44. The summed E-state index contributed by atoms with van der Waals surface area (Å²) in [5.74, 6) is 2.37. The second kappa shape index (κ2) is 5.62. The molecule has 2 aliphatic carbocycles. The number of likely N-dealkylation sites (tertiary alicyclic amines) is 1. The zero-order valence-electron chi connectivity index (χ0n) is 12.2. The van der Waals surface area contributed by atoms with Crippen molar-refractivity contribution in [3.8, 4) is 0 Å². The third-order valence-electron chi connectivity index (χ3n) is 5.53. The molecule has 114 valence electrons. The van der Waals surface area contributed by atoms with Crippen LogP contribution < -0.4 is 5.32 Å². The summed E-state index contributed by atoms with van der Waals surface area (Å²) in [5.41, 5.74) is 0. The van der Waals surface area contributed by atoms with E-state index in [2.05, 4.69) is 12.2 Å². The first-order valence-electron chi connectivity index (χ1n) is 7.90. The van der Waals surface area contributed by atoms with Gasteiger partial charge in [-0.05, 0) is 43.9 Å². The second-order valence-electron chi connectivity index (χ2n) is 7.02. The van der Waals surface area contributed by atoms with Gasteiger partial charge in [-0.3, -0.25) is 9.69 Å². The van der Waals surface area contributed by atoms with Crippen molar-refractivity contribution in [1.29, 1.82) is 0 Å². The van der Waals surface area contributed by atoms with Gasteiger partial charge in [0.25, 0.3) is 0 Å². The Morgan fingerprint density at radius 3 is 2.50 bits per heavy atom. The van der Waals surface area contributed by atoms with Gasteiger partial charge in [0.1, 0.15) is 0 Å². The van der Waals surface area contributed by atoms with Gasteiger partial charge in [0.15, 0.2) is 0 Å². The van der Waals surface area contributed by atoms with E-state index in [4.69, 9.17) is 0 Å². The molecule has 3 N–H and O–H groups in total. The highest BCUT2D eigenvalue weighted by molar-refractivity contribution is 5.78. The molecule has 3 rings (SSSR count). The van der Waals surface area contributed by atoms with Gasteiger partial charge in [-0.25, -0.2) is 0 Å². The van der Waals surface area contributed by atoms with Gasteiger partial charge in [-0.1, -0.05) is 6.42 Å². The van der Waals surface area contributed by atoms with Crippen molar-refractivity contribution in [1.82, 2.24) is 10.2 Å². The van der Waals surface area contributed by atoms with Crippen molar-refractivity contribution in [3.05, 3.63) is 0 Å². The van der Waals surface area contributed by atoms with Crippen molar-refractivity contribution in [3.63, 3.8) is 0 Å². The molecule has 3 fully saturated rings. The number of aliphatic hydroxyl groups is 2. The molecule has 2 saturated carbocycles. The zero-order valence-corrected chi connectivity index (χ0v) is 12.2. The number of carbonyl (C=O) groups excluding carboxylic acids is 1. The Labute approximate surface area is 120 Å². The number of rotatable bonds is 4. The molecule has 0 aromatic carbocycles.